The SMILES string of the molecule is CCCC[C@H](C(=O)O)c1nc(-c2ccc(C)cc2)n(-c2ccccc2)n1. The topological polar surface area (TPSA) is 68.0 Å². The van der Waals surface area contributed by atoms with Crippen LogP contribution in [0.1, 0.15) is 43.5 Å². The number of aromatic nitrogens is 3. The van der Waals surface area contributed by atoms with Gasteiger partial charge in [-0.3, -0.25) is 4.79 Å². The zero-order valence-corrected chi connectivity index (χ0v) is 15.1. The number of unbranched alkanes of at least 4 members (excludes halogenated alkanes) is 1. The van der Waals surface area contributed by atoms with Gasteiger partial charge in [-0.05, 0) is 25.5 Å². The lowest BCUT2D eigenvalue weighted by Gasteiger charge is -2.07. The van der Waals surface area contributed by atoms with Crippen molar-refractivity contribution in [2.24, 2.45) is 0 Å². The van der Waals surface area contributed by atoms with Gasteiger partial charge in [0.25, 0.3) is 0 Å². The second-order valence-electron chi connectivity index (χ2n) is 6.44. The molecule has 0 spiro atoms. The zero-order chi connectivity index (χ0) is 18.5. The van der Waals surface area contributed by atoms with Crippen molar-refractivity contribution in [3.8, 4) is 17.1 Å². The molecule has 0 fully saturated rings. The Morgan fingerprint density at radius 1 is 1.12 bits per heavy atom. The lowest BCUT2D eigenvalue weighted by molar-refractivity contribution is -0.139. The van der Waals surface area contributed by atoms with E-state index in [9.17, 15) is 9.90 Å². The summed E-state index contributed by atoms with van der Waals surface area (Å²) in [5.41, 5.74) is 2.94. The summed E-state index contributed by atoms with van der Waals surface area (Å²) in [6.07, 6.45) is 2.31. The number of para-hydroxylation sites is 1. The van der Waals surface area contributed by atoms with Crippen LogP contribution in [0, 0.1) is 6.92 Å². The highest BCUT2D eigenvalue weighted by Gasteiger charge is 2.26. The first-order valence-electron chi connectivity index (χ1n) is 8.92. The molecule has 0 aliphatic rings. The second-order valence-corrected chi connectivity index (χ2v) is 6.44. The molecule has 1 aromatic heterocycles. The molecule has 0 amide bonds. The molecule has 134 valence electrons. The highest BCUT2D eigenvalue weighted by molar-refractivity contribution is 5.75. The Morgan fingerprint density at radius 2 is 1.81 bits per heavy atom. The molecular formula is C21H23N3O2. The predicted octanol–water partition coefficient (Wildman–Crippen LogP) is 4.60. The average molecular weight is 349 g/mol. The molecule has 0 radical (unpaired) electrons. The van der Waals surface area contributed by atoms with E-state index in [1.54, 1.807) is 4.68 Å². The Hall–Kier alpha value is -2.95. The standard InChI is InChI=1S/C21H23N3O2/c1-3-4-10-18(21(25)26)19-22-20(16-13-11-15(2)12-14-16)24(23-19)17-8-6-5-7-9-17/h5-9,11-14,18H,3-4,10H2,1-2H3,(H,25,26)/t18-/m0/s1. The van der Waals surface area contributed by atoms with Crippen molar-refractivity contribution < 1.29 is 9.90 Å². The minimum absolute atomic E-state index is 0.366. The van der Waals surface area contributed by atoms with Crippen LogP contribution < -0.4 is 0 Å². The number of nitrogens with zero attached hydrogens (tertiary/aromatic N) is 3. The Kier molecular flexibility index (Phi) is 5.46. The fraction of sp³-hybridized carbons (Fsp3) is 0.286. The van der Waals surface area contributed by atoms with Gasteiger partial charge in [-0.1, -0.05) is 67.8 Å². The van der Waals surface area contributed by atoms with Crippen LogP contribution in [0.5, 0.6) is 0 Å². The summed E-state index contributed by atoms with van der Waals surface area (Å²) in [6, 6.07) is 17.7. The molecule has 0 saturated carbocycles. The van der Waals surface area contributed by atoms with E-state index >= 15 is 0 Å². The van der Waals surface area contributed by atoms with Gasteiger partial charge in [-0.25, -0.2) is 9.67 Å². The van der Waals surface area contributed by atoms with Crippen molar-refractivity contribution >= 4 is 5.97 Å². The smallest absolute Gasteiger partial charge is 0.314 e. The molecule has 5 nitrogen and oxygen atoms in total. The van der Waals surface area contributed by atoms with Gasteiger partial charge in [-0.15, -0.1) is 5.10 Å². The van der Waals surface area contributed by atoms with Gasteiger partial charge >= 0.3 is 5.97 Å². The maximum absolute atomic E-state index is 11.8. The lowest BCUT2D eigenvalue weighted by Crippen LogP contribution is -2.13. The van der Waals surface area contributed by atoms with E-state index in [1.807, 2.05) is 68.4 Å². The van der Waals surface area contributed by atoms with Crippen molar-refractivity contribution in [3.63, 3.8) is 0 Å². The molecular weight excluding hydrogens is 326 g/mol. The third-order valence-electron chi connectivity index (χ3n) is 4.39. The highest BCUT2D eigenvalue weighted by atomic mass is 16.4. The van der Waals surface area contributed by atoms with E-state index in [0.29, 0.717) is 18.1 Å². The third kappa shape index (κ3) is 3.82. The fourth-order valence-electron chi connectivity index (χ4n) is 2.89. The van der Waals surface area contributed by atoms with Crippen LogP contribution in [0.3, 0.4) is 0 Å². The first-order valence-corrected chi connectivity index (χ1v) is 8.92. The molecule has 3 rings (SSSR count). The fourth-order valence-corrected chi connectivity index (χ4v) is 2.89. The van der Waals surface area contributed by atoms with Crippen molar-refractivity contribution in [3.05, 3.63) is 66.0 Å². The summed E-state index contributed by atoms with van der Waals surface area (Å²) < 4.78 is 1.74. The number of carboxylic acids is 1. The summed E-state index contributed by atoms with van der Waals surface area (Å²) in [4.78, 5) is 16.4. The largest absolute Gasteiger partial charge is 0.481 e. The van der Waals surface area contributed by atoms with E-state index in [4.69, 9.17) is 0 Å². The van der Waals surface area contributed by atoms with Crippen molar-refractivity contribution in [1.82, 2.24) is 14.8 Å². The summed E-state index contributed by atoms with van der Waals surface area (Å²) >= 11 is 0. The molecule has 0 bridgehead atoms. The number of carbonyl (C=O) groups is 1. The molecule has 0 saturated heterocycles. The van der Waals surface area contributed by atoms with Gasteiger partial charge in [0.2, 0.25) is 0 Å². The maximum atomic E-state index is 11.8. The van der Waals surface area contributed by atoms with Crippen molar-refractivity contribution in [1.29, 1.82) is 0 Å². The van der Waals surface area contributed by atoms with Gasteiger partial charge in [-0.2, -0.15) is 0 Å². The van der Waals surface area contributed by atoms with E-state index in [1.165, 1.54) is 0 Å². The van der Waals surface area contributed by atoms with Crippen LogP contribution in [0.25, 0.3) is 17.1 Å². The van der Waals surface area contributed by atoms with Gasteiger partial charge < -0.3 is 5.11 Å². The third-order valence-corrected chi connectivity index (χ3v) is 4.39. The molecule has 3 aromatic rings. The number of benzene rings is 2. The van der Waals surface area contributed by atoms with E-state index < -0.39 is 11.9 Å². The molecule has 0 aliphatic heterocycles. The Morgan fingerprint density at radius 3 is 2.42 bits per heavy atom. The number of hydrogen-bond acceptors (Lipinski definition) is 3. The average Bonchev–Trinajstić information content (AvgIpc) is 3.08. The van der Waals surface area contributed by atoms with Crippen LogP contribution in [0.4, 0.5) is 0 Å². The highest BCUT2D eigenvalue weighted by Crippen LogP contribution is 2.26. The van der Waals surface area contributed by atoms with Gasteiger partial charge in [0.05, 0.1) is 5.69 Å². The lowest BCUT2D eigenvalue weighted by atomic mass is 10.0. The normalized spacial score (nSPS) is 12.1. The Labute approximate surface area is 153 Å². The maximum Gasteiger partial charge on any atom is 0.314 e. The number of rotatable bonds is 7. The van der Waals surface area contributed by atoms with Gasteiger partial charge in [0, 0.05) is 5.56 Å². The summed E-state index contributed by atoms with van der Waals surface area (Å²) in [5.74, 6) is -0.539. The van der Waals surface area contributed by atoms with E-state index in [0.717, 1.165) is 29.7 Å². The molecule has 0 aliphatic carbocycles. The summed E-state index contributed by atoms with van der Waals surface area (Å²) in [7, 11) is 0. The Bertz CT molecular complexity index is 870. The predicted molar refractivity (Wildman–Crippen MR) is 101 cm³/mol. The minimum atomic E-state index is -0.876. The molecule has 26 heavy (non-hydrogen) atoms. The first-order chi connectivity index (χ1) is 12.6. The monoisotopic (exact) mass is 349 g/mol. The number of hydrogen-bond donors (Lipinski definition) is 1. The zero-order valence-electron chi connectivity index (χ0n) is 15.1. The summed E-state index contributed by atoms with van der Waals surface area (Å²) in [5, 5.41) is 14.2. The quantitative estimate of drug-likeness (QED) is 0.677. The number of carboxylic acid groups (broad SMARTS) is 1. The number of aryl methyl sites for hydroxylation is 1. The molecule has 1 atom stereocenters. The molecule has 1 heterocycles. The molecule has 5 heteroatoms. The summed E-state index contributed by atoms with van der Waals surface area (Å²) in [6.45, 7) is 4.08. The van der Waals surface area contributed by atoms with E-state index in [2.05, 4.69) is 10.1 Å². The van der Waals surface area contributed by atoms with Crippen molar-refractivity contribution in [2.75, 3.05) is 0 Å². The van der Waals surface area contributed by atoms with E-state index in [-0.39, 0.29) is 0 Å². The van der Waals surface area contributed by atoms with Crippen LogP contribution in [-0.2, 0) is 4.79 Å². The molecule has 2 aromatic carbocycles. The van der Waals surface area contributed by atoms with Gasteiger partial charge in [0.1, 0.15) is 5.92 Å². The van der Waals surface area contributed by atoms with Gasteiger partial charge in [0.15, 0.2) is 11.6 Å². The Balaban J connectivity index is 2.10. The van der Waals surface area contributed by atoms with Crippen molar-refractivity contribution in [2.45, 2.75) is 39.0 Å². The van der Waals surface area contributed by atoms with Crippen LogP contribution in [-0.4, -0.2) is 25.8 Å². The second kappa shape index (κ2) is 7.95. The number of aliphatic carboxylic acids is 1. The molecule has 0 unspecified atom stereocenters. The van der Waals surface area contributed by atoms with Crippen LogP contribution in [0.15, 0.2) is 54.6 Å². The van der Waals surface area contributed by atoms with Crippen LogP contribution in [0.2, 0.25) is 0 Å². The van der Waals surface area contributed by atoms with Crippen LogP contribution >= 0.6 is 0 Å². The molecule has 1 N–H and O–H groups in total. The first kappa shape index (κ1) is 17.9. The minimum Gasteiger partial charge on any atom is -0.481 e.